The van der Waals surface area contributed by atoms with Crippen molar-refractivity contribution in [2.75, 3.05) is 26.9 Å². The molecule has 596 valence electrons. The van der Waals surface area contributed by atoms with Crippen LogP contribution in [0.3, 0.4) is 0 Å². The second kappa shape index (κ2) is 57.4. The molecule has 7 aromatic rings. The minimum absolute atomic E-state index is 0.308. The molecular weight excluding hydrogens is 1330 g/mol. The van der Waals surface area contributed by atoms with Crippen molar-refractivity contribution >= 4 is 5.97 Å². The molecule has 0 aromatic heterocycles. The Hall–Kier alpha value is -6.59. The molecule has 16 rings (SSSR count). The number of methoxy groups -OCH3 is 1. The number of ether oxygens (including phenoxy) is 4. The molecule has 0 aliphatic carbocycles. The molecule has 9 aliphatic rings. The fourth-order valence-corrected chi connectivity index (χ4v) is 16.5. The van der Waals surface area contributed by atoms with Gasteiger partial charge in [0.2, 0.25) is 0 Å². The predicted octanol–water partition coefficient (Wildman–Crippen LogP) is 30.8. The number of carbonyl (C=O) groups excluding carboxylic acids is 1. The van der Waals surface area contributed by atoms with Crippen molar-refractivity contribution in [3.05, 3.63) is 208 Å². The highest BCUT2D eigenvalue weighted by Crippen LogP contribution is 2.41. The first-order valence-electron chi connectivity index (χ1n) is 45.7. The van der Waals surface area contributed by atoms with Crippen LogP contribution in [0.4, 0.5) is 0 Å². The Kier molecular flexibility index (Phi) is 46.4. The maximum Gasteiger partial charge on any atom is 0.338 e. The lowest BCUT2D eigenvalue weighted by atomic mass is 9.92. The van der Waals surface area contributed by atoms with Gasteiger partial charge in [0.25, 0.3) is 0 Å². The van der Waals surface area contributed by atoms with E-state index >= 15 is 0 Å². The van der Waals surface area contributed by atoms with Gasteiger partial charge in [-0.2, -0.15) is 0 Å². The number of esters is 1. The fourth-order valence-electron chi connectivity index (χ4n) is 16.5. The smallest absolute Gasteiger partial charge is 0.338 e. The van der Waals surface area contributed by atoms with Gasteiger partial charge in [-0.3, -0.25) is 0 Å². The fraction of sp³-hybridized carbons (Fsp3) is 0.587. The summed E-state index contributed by atoms with van der Waals surface area (Å²) in [6, 6.07) is 57.9. The van der Waals surface area contributed by atoms with Crippen LogP contribution in [-0.2, 0) is 56.1 Å². The molecule has 0 fully saturated rings. The maximum absolute atomic E-state index is 13.4. The predicted molar refractivity (Wildman–Crippen MR) is 468 cm³/mol. The SMILES string of the molecule is CCOC(=O)c1cc2c(OC)c(c1)-c1ccc(cc1)CCc1ccc(cc1)OCCCCCCCCCCCCCCCCCCCCCCCCCc1ccc(cc1)CCCCc1ccc(cc1)CCCCCCCCCCCCCCCCCCCCCCCCCOc1ccc(cc1)CCc1ccc-2cc1. The molecule has 0 amide bonds. The van der Waals surface area contributed by atoms with E-state index in [0.29, 0.717) is 12.2 Å². The van der Waals surface area contributed by atoms with Crippen LogP contribution >= 0.6 is 0 Å². The molecule has 0 N–H and O–H groups in total. The molecule has 0 unspecified atom stereocenters. The van der Waals surface area contributed by atoms with Gasteiger partial charge in [-0.1, -0.05) is 391 Å². The average molecular weight is 1480 g/mol. The molecule has 5 heteroatoms. The highest BCUT2D eigenvalue weighted by Gasteiger charge is 2.20. The van der Waals surface area contributed by atoms with Gasteiger partial charge in [-0.25, -0.2) is 4.79 Å². The number of carbonyl (C=O) groups is 1. The molecule has 0 saturated carbocycles. The maximum atomic E-state index is 13.4. The zero-order chi connectivity index (χ0) is 75.7. The topological polar surface area (TPSA) is 54.0 Å². The van der Waals surface area contributed by atoms with Crippen LogP contribution in [0.2, 0.25) is 0 Å². The molecule has 0 atom stereocenters. The quantitative estimate of drug-likeness (QED) is 0.165. The minimum Gasteiger partial charge on any atom is -0.495 e. The van der Waals surface area contributed by atoms with Gasteiger partial charge in [0.15, 0.2) is 0 Å². The van der Waals surface area contributed by atoms with E-state index in [-0.39, 0.29) is 5.97 Å². The van der Waals surface area contributed by atoms with Crippen molar-refractivity contribution in [2.45, 2.75) is 366 Å². The van der Waals surface area contributed by atoms with Crippen LogP contribution in [-0.4, -0.2) is 32.9 Å². The lowest BCUT2D eigenvalue weighted by Crippen LogP contribution is -2.06. The summed E-state index contributed by atoms with van der Waals surface area (Å²) in [7, 11) is 1.72. The number of fused-ring (bicyclic) bond motifs is 2. The lowest BCUT2D eigenvalue weighted by molar-refractivity contribution is 0.0526. The van der Waals surface area contributed by atoms with Crippen LogP contribution in [0, 0.1) is 0 Å². The first-order valence-corrected chi connectivity index (χ1v) is 45.7. The van der Waals surface area contributed by atoms with Crippen molar-refractivity contribution < 1.29 is 23.7 Å². The number of rotatable bonds is 3. The molecule has 109 heavy (non-hydrogen) atoms. The van der Waals surface area contributed by atoms with Crippen LogP contribution in [0.1, 0.15) is 370 Å². The molecular formula is C104H150O5. The van der Waals surface area contributed by atoms with Crippen molar-refractivity contribution in [2.24, 2.45) is 0 Å². The molecule has 0 radical (unpaired) electrons. The minimum atomic E-state index is -0.337. The van der Waals surface area contributed by atoms with Gasteiger partial charge in [0.1, 0.15) is 17.2 Å². The van der Waals surface area contributed by atoms with Crippen molar-refractivity contribution in [3.63, 3.8) is 0 Å². The number of aryl methyl sites for hydroxylation is 8. The van der Waals surface area contributed by atoms with E-state index in [1.807, 2.05) is 19.1 Å². The van der Waals surface area contributed by atoms with Gasteiger partial charge in [0, 0.05) is 11.1 Å². The van der Waals surface area contributed by atoms with Crippen molar-refractivity contribution in [1.82, 2.24) is 0 Å². The Labute approximate surface area is 666 Å². The van der Waals surface area contributed by atoms with Gasteiger partial charge in [-0.05, 0) is 189 Å². The molecule has 9 aliphatic heterocycles. The first kappa shape index (κ1) is 88.0. The zero-order valence-corrected chi connectivity index (χ0v) is 69.3. The van der Waals surface area contributed by atoms with Crippen LogP contribution in [0.25, 0.3) is 22.3 Å². The standard InChI is InChI=1S/C104H150O5/c1-3-107-104(105)98-86-101-96-76-68-92(69-77-96)64-66-94-72-80-99(81-73-94)108-84-50-44-40-36-32-28-24-20-16-12-8-4-6-10-14-18-22-26-30-34-38-42-46-52-88-56-60-90(61-57-88)54-48-49-55-91-62-58-89(59-63-91)53-47-43-39-35-31-27-23-19-15-11-7-5-9-13-17-21-25-29-33-37-41-45-51-85-109-100-82-74-95(75-83-100)67-65-93-70-78-97(79-71-93)102(87-98)103(101)106-2/h56-63,68-83,86-87H,3-55,64-67,84-85H2,1-2H3. The Bertz CT molecular complexity index is 3150. The molecule has 0 saturated heterocycles. The summed E-state index contributed by atoms with van der Waals surface area (Å²) in [5.74, 6) is 2.33. The summed E-state index contributed by atoms with van der Waals surface area (Å²) in [4.78, 5) is 13.4. The normalized spacial score (nSPS) is 18.1. The van der Waals surface area contributed by atoms with E-state index < -0.39 is 0 Å². The molecule has 0 spiro atoms. The summed E-state index contributed by atoms with van der Waals surface area (Å²) >= 11 is 0. The van der Waals surface area contributed by atoms with E-state index in [1.165, 1.54) is 366 Å². The Morgan fingerprint density at radius 3 is 0.679 bits per heavy atom. The zero-order valence-electron chi connectivity index (χ0n) is 69.3. The summed E-state index contributed by atoms with van der Waals surface area (Å²) in [6.07, 6.45) is 75.2. The van der Waals surface area contributed by atoms with Crippen molar-refractivity contribution in [1.29, 1.82) is 0 Å². The first-order chi connectivity index (χ1) is 54.0. The van der Waals surface area contributed by atoms with E-state index in [0.717, 1.165) is 91.2 Å². The van der Waals surface area contributed by atoms with Gasteiger partial charge in [-0.15, -0.1) is 0 Å². The highest BCUT2D eigenvalue weighted by atomic mass is 16.5. The Balaban J connectivity index is 0.691. The van der Waals surface area contributed by atoms with Crippen LogP contribution in [0.15, 0.2) is 158 Å². The number of hydrogen-bond acceptors (Lipinski definition) is 5. The van der Waals surface area contributed by atoms with Gasteiger partial charge in [0.05, 0.1) is 32.5 Å². The summed E-state index contributed by atoms with van der Waals surface area (Å²) in [5.41, 5.74) is 15.4. The third-order valence-electron chi connectivity index (χ3n) is 23.6. The third kappa shape index (κ3) is 38.5. The number of hydrogen-bond donors (Lipinski definition) is 0. The second-order valence-electron chi connectivity index (χ2n) is 32.8. The summed E-state index contributed by atoms with van der Waals surface area (Å²) < 4.78 is 24.1. The molecule has 5 nitrogen and oxygen atoms in total. The average Bonchev–Trinajstić information content (AvgIpc) is 0.780. The summed E-state index contributed by atoms with van der Waals surface area (Å²) in [6.45, 7) is 3.73. The lowest BCUT2D eigenvalue weighted by Gasteiger charge is -2.17. The Morgan fingerprint density at radius 2 is 0.450 bits per heavy atom. The van der Waals surface area contributed by atoms with E-state index in [4.69, 9.17) is 18.9 Å². The monoisotopic (exact) mass is 1480 g/mol. The van der Waals surface area contributed by atoms with E-state index in [1.54, 1.807) is 7.11 Å². The van der Waals surface area contributed by atoms with Gasteiger partial charge >= 0.3 is 5.97 Å². The van der Waals surface area contributed by atoms with Gasteiger partial charge < -0.3 is 18.9 Å². The largest absolute Gasteiger partial charge is 0.495 e. The highest BCUT2D eigenvalue weighted by molar-refractivity contribution is 5.96. The number of benzene rings is 7. The van der Waals surface area contributed by atoms with Crippen LogP contribution in [0.5, 0.6) is 17.2 Å². The van der Waals surface area contributed by atoms with E-state index in [2.05, 4.69) is 146 Å². The second-order valence-corrected chi connectivity index (χ2v) is 32.8. The Morgan fingerprint density at radius 1 is 0.257 bits per heavy atom. The van der Waals surface area contributed by atoms with Crippen molar-refractivity contribution in [3.8, 4) is 39.5 Å². The molecule has 7 aromatic carbocycles. The molecule has 14 bridgehead atoms. The van der Waals surface area contributed by atoms with Crippen LogP contribution < -0.4 is 14.2 Å². The molecule has 9 heterocycles. The van der Waals surface area contributed by atoms with E-state index in [9.17, 15) is 4.79 Å². The summed E-state index contributed by atoms with van der Waals surface area (Å²) in [5, 5.41) is 0. The third-order valence-corrected chi connectivity index (χ3v) is 23.6.